The molecule has 0 heterocycles. The quantitative estimate of drug-likeness (QED) is 0.506. The van der Waals surface area contributed by atoms with Crippen LogP contribution in [0.5, 0.6) is 0 Å². The van der Waals surface area contributed by atoms with E-state index in [4.69, 9.17) is 0 Å². The Hall–Kier alpha value is -1.28. The number of nitro groups is 1. The van der Waals surface area contributed by atoms with Gasteiger partial charge in [-0.25, -0.2) is 8.42 Å². The molecule has 0 aliphatic carbocycles. The summed E-state index contributed by atoms with van der Waals surface area (Å²) >= 11 is 1.23. The summed E-state index contributed by atoms with van der Waals surface area (Å²) in [7, 11) is -3.42. The molecule has 88 valence electrons. The van der Waals surface area contributed by atoms with Crippen LogP contribution in [-0.2, 0) is 10.0 Å². The van der Waals surface area contributed by atoms with E-state index in [1.807, 2.05) is 0 Å². The number of benzene rings is 1. The average molecular weight is 262 g/mol. The van der Waals surface area contributed by atoms with Crippen LogP contribution in [0.15, 0.2) is 23.1 Å². The van der Waals surface area contributed by atoms with E-state index in [0.29, 0.717) is 4.90 Å². The third-order valence-electron chi connectivity index (χ3n) is 1.68. The third kappa shape index (κ3) is 3.38. The normalized spacial score (nSPS) is 11.1. The Labute approximate surface area is 97.2 Å². The summed E-state index contributed by atoms with van der Waals surface area (Å²) in [5.74, 6) is 0. The van der Waals surface area contributed by atoms with Crippen molar-refractivity contribution in [1.29, 1.82) is 0 Å². The molecular formula is C8H10N2O4S2. The topological polar surface area (TPSA) is 89.3 Å². The van der Waals surface area contributed by atoms with E-state index in [0.717, 1.165) is 6.26 Å². The summed E-state index contributed by atoms with van der Waals surface area (Å²) in [5.41, 5.74) is 0.0770. The highest BCUT2D eigenvalue weighted by atomic mass is 32.2. The lowest BCUT2D eigenvalue weighted by molar-refractivity contribution is -0.387. The highest BCUT2D eigenvalue weighted by Gasteiger charge is 2.14. The zero-order valence-electron chi connectivity index (χ0n) is 8.63. The summed E-state index contributed by atoms with van der Waals surface area (Å²) < 4.78 is 24.1. The Balaban J connectivity index is 3.17. The maximum atomic E-state index is 11.0. The average Bonchev–Trinajstić information content (AvgIpc) is 2.15. The van der Waals surface area contributed by atoms with Gasteiger partial charge in [0.05, 0.1) is 21.8 Å². The fourth-order valence-electron chi connectivity index (χ4n) is 1.11. The summed E-state index contributed by atoms with van der Waals surface area (Å²) in [6.07, 6.45) is 2.70. The molecular weight excluding hydrogens is 252 g/mol. The van der Waals surface area contributed by atoms with Crippen molar-refractivity contribution in [3.63, 3.8) is 0 Å². The van der Waals surface area contributed by atoms with Crippen LogP contribution in [-0.4, -0.2) is 25.9 Å². The molecule has 6 nitrogen and oxygen atoms in total. The van der Waals surface area contributed by atoms with Gasteiger partial charge in [-0.1, -0.05) is 0 Å². The van der Waals surface area contributed by atoms with Crippen molar-refractivity contribution in [2.45, 2.75) is 4.90 Å². The number of thioether (sulfide) groups is 1. The van der Waals surface area contributed by atoms with Crippen LogP contribution in [0.2, 0.25) is 0 Å². The summed E-state index contributed by atoms with van der Waals surface area (Å²) in [6.45, 7) is 0. The first-order valence-corrected chi connectivity index (χ1v) is 7.25. The van der Waals surface area contributed by atoms with E-state index in [2.05, 4.69) is 4.72 Å². The van der Waals surface area contributed by atoms with Gasteiger partial charge in [0.1, 0.15) is 0 Å². The number of rotatable bonds is 4. The second-order valence-electron chi connectivity index (χ2n) is 3.02. The largest absolute Gasteiger partial charge is 0.284 e. The number of sulfonamides is 1. The van der Waals surface area contributed by atoms with E-state index in [9.17, 15) is 18.5 Å². The zero-order valence-corrected chi connectivity index (χ0v) is 10.3. The van der Waals surface area contributed by atoms with E-state index < -0.39 is 14.9 Å². The minimum absolute atomic E-state index is 0.110. The van der Waals surface area contributed by atoms with E-state index in [1.165, 1.54) is 30.0 Å². The summed E-state index contributed by atoms with van der Waals surface area (Å²) in [6, 6.07) is 4.20. The summed E-state index contributed by atoms with van der Waals surface area (Å²) in [4.78, 5) is 10.7. The van der Waals surface area contributed by atoms with Crippen LogP contribution >= 0.6 is 11.8 Å². The monoisotopic (exact) mass is 262 g/mol. The second-order valence-corrected chi connectivity index (χ2v) is 5.61. The lowest BCUT2D eigenvalue weighted by Gasteiger charge is -2.05. The van der Waals surface area contributed by atoms with Crippen LogP contribution in [0, 0.1) is 10.1 Å². The van der Waals surface area contributed by atoms with E-state index >= 15 is 0 Å². The SMILES string of the molecule is CSc1ccc(NS(C)(=O)=O)cc1[N+](=O)[O-]. The molecule has 1 rings (SSSR count). The highest BCUT2D eigenvalue weighted by Crippen LogP contribution is 2.30. The van der Waals surface area contributed by atoms with Crippen LogP contribution in [0.1, 0.15) is 0 Å². The Morgan fingerprint density at radius 1 is 1.44 bits per heavy atom. The van der Waals surface area contributed by atoms with Gasteiger partial charge in [-0.3, -0.25) is 14.8 Å². The van der Waals surface area contributed by atoms with Gasteiger partial charge in [0.15, 0.2) is 0 Å². The molecule has 16 heavy (non-hydrogen) atoms. The second kappa shape index (κ2) is 4.71. The van der Waals surface area contributed by atoms with Gasteiger partial charge in [-0.05, 0) is 18.4 Å². The van der Waals surface area contributed by atoms with Gasteiger partial charge < -0.3 is 0 Å². The molecule has 0 aliphatic heterocycles. The molecule has 0 aliphatic rings. The van der Waals surface area contributed by atoms with Crippen molar-refractivity contribution >= 4 is 33.2 Å². The van der Waals surface area contributed by atoms with Crippen LogP contribution < -0.4 is 4.72 Å². The molecule has 0 aromatic heterocycles. The van der Waals surface area contributed by atoms with Crippen molar-refractivity contribution in [1.82, 2.24) is 0 Å². The van der Waals surface area contributed by atoms with E-state index in [1.54, 1.807) is 6.26 Å². The molecule has 0 amide bonds. The number of hydrogen-bond donors (Lipinski definition) is 1. The van der Waals surface area contributed by atoms with Crippen molar-refractivity contribution < 1.29 is 13.3 Å². The molecule has 0 radical (unpaired) electrons. The molecule has 1 aromatic carbocycles. The Bertz CT molecular complexity index is 513. The molecule has 0 spiro atoms. The lowest BCUT2D eigenvalue weighted by Crippen LogP contribution is -2.09. The number of hydrogen-bond acceptors (Lipinski definition) is 5. The maximum absolute atomic E-state index is 11.0. The fraction of sp³-hybridized carbons (Fsp3) is 0.250. The van der Waals surface area contributed by atoms with Crippen molar-refractivity contribution in [2.24, 2.45) is 0 Å². The van der Waals surface area contributed by atoms with Gasteiger partial charge in [-0.15, -0.1) is 11.8 Å². The van der Waals surface area contributed by atoms with Gasteiger partial charge in [-0.2, -0.15) is 0 Å². The van der Waals surface area contributed by atoms with E-state index in [-0.39, 0.29) is 11.4 Å². The van der Waals surface area contributed by atoms with Gasteiger partial charge in [0.2, 0.25) is 10.0 Å². The number of nitrogens with zero attached hydrogens (tertiary/aromatic N) is 1. The number of nitro benzene ring substituents is 1. The van der Waals surface area contributed by atoms with Crippen molar-refractivity contribution in [2.75, 3.05) is 17.2 Å². The first kappa shape index (κ1) is 12.8. The Kier molecular flexibility index (Phi) is 3.76. The number of anilines is 1. The van der Waals surface area contributed by atoms with Gasteiger partial charge in [0, 0.05) is 6.07 Å². The van der Waals surface area contributed by atoms with Crippen LogP contribution in [0.25, 0.3) is 0 Å². The molecule has 8 heteroatoms. The highest BCUT2D eigenvalue weighted by molar-refractivity contribution is 7.98. The Morgan fingerprint density at radius 3 is 2.50 bits per heavy atom. The predicted molar refractivity (Wildman–Crippen MR) is 63.3 cm³/mol. The fourth-order valence-corrected chi connectivity index (χ4v) is 2.21. The molecule has 0 atom stereocenters. The number of nitrogens with one attached hydrogen (secondary N) is 1. The predicted octanol–water partition coefficient (Wildman–Crippen LogP) is 1.69. The minimum Gasteiger partial charge on any atom is -0.284 e. The van der Waals surface area contributed by atoms with Crippen molar-refractivity contribution in [3.8, 4) is 0 Å². The molecule has 0 saturated carbocycles. The van der Waals surface area contributed by atoms with Gasteiger partial charge in [0.25, 0.3) is 5.69 Å². The van der Waals surface area contributed by atoms with Crippen LogP contribution in [0.4, 0.5) is 11.4 Å². The smallest absolute Gasteiger partial charge is 0.284 e. The molecule has 0 unspecified atom stereocenters. The third-order valence-corrected chi connectivity index (χ3v) is 3.07. The molecule has 1 N–H and O–H groups in total. The van der Waals surface area contributed by atoms with Crippen molar-refractivity contribution in [3.05, 3.63) is 28.3 Å². The van der Waals surface area contributed by atoms with Gasteiger partial charge >= 0.3 is 0 Å². The minimum atomic E-state index is -3.42. The maximum Gasteiger partial charge on any atom is 0.284 e. The molecule has 1 aromatic rings. The molecule has 0 saturated heterocycles. The standard InChI is InChI=1S/C8H10N2O4S2/c1-15-8-4-3-6(9-16(2,13)14)5-7(8)10(11)12/h3-5,9H,1-2H3. The molecule has 0 bridgehead atoms. The zero-order chi connectivity index (χ0) is 12.3. The first-order chi connectivity index (χ1) is 7.33. The lowest BCUT2D eigenvalue weighted by atomic mass is 10.3. The molecule has 0 fully saturated rings. The first-order valence-electron chi connectivity index (χ1n) is 4.13. The summed E-state index contributed by atoms with van der Waals surface area (Å²) in [5, 5.41) is 10.7. The van der Waals surface area contributed by atoms with Crippen LogP contribution in [0.3, 0.4) is 0 Å². The Morgan fingerprint density at radius 2 is 2.06 bits per heavy atom.